The van der Waals surface area contributed by atoms with Gasteiger partial charge in [0.25, 0.3) is 0 Å². The summed E-state index contributed by atoms with van der Waals surface area (Å²) >= 11 is 1.36. The topological polar surface area (TPSA) is 69.0 Å². The van der Waals surface area contributed by atoms with Gasteiger partial charge in [0.15, 0.2) is 11.0 Å². The number of nitrogens with one attached hydrogen (secondary N) is 1. The number of anilines is 1. The van der Waals surface area contributed by atoms with Crippen LogP contribution >= 0.6 is 11.8 Å². The molecule has 0 aliphatic rings. The first-order valence-corrected chi connectivity index (χ1v) is 12.7. The number of benzene rings is 3. The number of amides is 1. The van der Waals surface area contributed by atoms with Crippen molar-refractivity contribution in [2.75, 3.05) is 18.2 Å². The summed E-state index contributed by atoms with van der Waals surface area (Å²) in [6.07, 6.45) is 1.09. The summed E-state index contributed by atoms with van der Waals surface area (Å²) in [4.78, 5) is 12.7. The molecule has 0 unspecified atom stereocenters. The fraction of sp³-hybridized carbons (Fsp3) is 0.250. The molecule has 0 aliphatic heterocycles. The Bertz CT molecular complexity index is 1280. The van der Waals surface area contributed by atoms with Gasteiger partial charge in [-0.3, -0.25) is 9.36 Å². The Morgan fingerprint density at radius 2 is 1.80 bits per heavy atom. The van der Waals surface area contributed by atoms with Crippen LogP contribution < -0.4 is 10.1 Å². The molecule has 0 fully saturated rings. The molecule has 1 atom stereocenters. The highest BCUT2D eigenvalue weighted by Crippen LogP contribution is 2.29. The van der Waals surface area contributed by atoms with Gasteiger partial charge in [0, 0.05) is 16.9 Å². The maximum absolute atomic E-state index is 12.7. The maximum atomic E-state index is 12.7. The SMILES string of the molecule is CC[C@H](C)c1ccc(NC(=O)CSc2nnc(-c3cccc(C)c3)n2-c2ccc(OC)cc2)cc1. The number of aryl methyl sites for hydroxylation is 1. The first-order valence-electron chi connectivity index (χ1n) is 11.7. The number of carbonyl (C=O) groups excluding carboxylic acids is 1. The zero-order valence-corrected chi connectivity index (χ0v) is 21.3. The van der Waals surface area contributed by atoms with Crippen molar-refractivity contribution in [1.82, 2.24) is 14.8 Å². The highest BCUT2D eigenvalue weighted by atomic mass is 32.2. The van der Waals surface area contributed by atoms with Crippen molar-refractivity contribution in [3.05, 3.63) is 83.9 Å². The van der Waals surface area contributed by atoms with E-state index in [4.69, 9.17) is 4.74 Å². The lowest BCUT2D eigenvalue weighted by Gasteiger charge is -2.12. The molecule has 35 heavy (non-hydrogen) atoms. The van der Waals surface area contributed by atoms with Gasteiger partial charge in [-0.2, -0.15) is 0 Å². The minimum absolute atomic E-state index is 0.0901. The van der Waals surface area contributed by atoms with Crippen LogP contribution in [0.3, 0.4) is 0 Å². The zero-order valence-electron chi connectivity index (χ0n) is 20.5. The molecule has 180 valence electrons. The standard InChI is InChI=1S/C28H30N4O2S/c1-5-20(3)21-9-11-23(12-10-21)29-26(33)18-35-28-31-30-27(22-8-6-7-19(2)17-22)32(28)24-13-15-25(34-4)16-14-24/h6-17,20H,5,18H2,1-4H3,(H,29,33)/t20-/m0/s1. The van der Waals surface area contributed by atoms with Gasteiger partial charge in [-0.15, -0.1) is 10.2 Å². The fourth-order valence-corrected chi connectivity index (χ4v) is 4.51. The largest absolute Gasteiger partial charge is 0.497 e. The predicted molar refractivity (Wildman–Crippen MR) is 143 cm³/mol. The maximum Gasteiger partial charge on any atom is 0.234 e. The Labute approximate surface area is 210 Å². The first kappa shape index (κ1) is 24.5. The number of aromatic nitrogens is 3. The van der Waals surface area contributed by atoms with E-state index < -0.39 is 0 Å². The lowest BCUT2D eigenvalue weighted by atomic mass is 9.99. The van der Waals surface area contributed by atoms with Gasteiger partial charge in [0.2, 0.25) is 5.91 Å². The summed E-state index contributed by atoms with van der Waals surface area (Å²) in [6, 6.07) is 23.9. The Kier molecular flexibility index (Phi) is 7.87. The number of thioether (sulfide) groups is 1. The van der Waals surface area contributed by atoms with Gasteiger partial charge in [-0.1, -0.05) is 61.5 Å². The van der Waals surface area contributed by atoms with Crippen molar-refractivity contribution in [3.8, 4) is 22.8 Å². The van der Waals surface area contributed by atoms with E-state index in [-0.39, 0.29) is 11.7 Å². The molecule has 0 aliphatic carbocycles. The molecule has 4 rings (SSSR count). The quantitative estimate of drug-likeness (QED) is 0.274. The molecule has 0 saturated heterocycles. The Morgan fingerprint density at radius 1 is 1.06 bits per heavy atom. The van der Waals surface area contributed by atoms with Gasteiger partial charge in [-0.05, 0) is 67.3 Å². The van der Waals surface area contributed by atoms with Crippen LogP contribution in [0.25, 0.3) is 17.1 Å². The summed E-state index contributed by atoms with van der Waals surface area (Å²) in [5.74, 6) is 2.12. The summed E-state index contributed by atoms with van der Waals surface area (Å²) in [5.41, 5.74) is 5.07. The Morgan fingerprint density at radius 3 is 2.46 bits per heavy atom. The second-order valence-electron chi connectivity index (χ2n) is 8.48. The van der Waals surface area contributed by atoms with E-state index in [1.165, 1.54) is 17.3 Å². The van der Waals surface area contributed by atoms with E-state index in [1.54, 1.807) is 7.11 Å². The number of ether oxygens (including phenoxy) is 1. The molecule has 3 aromatic carbocycles. The van der Waals surface area contributed by atoms with Gasteiger partial charge in [-0.25, -0.2) is 0 Å². The third-order valence-electron chi connectivity index (χ3n) is 5.95. The molecular formula is C28H30N4O2S. The molecule has 0 radical (unpaired) electrons. The van der Waals surface area contributed by atoms with Crippen molar-refractivity contribution in [3.63, 3.8) is 0 Å². The highest BCUT2D eigenvalue weighted by molar-refractivity contribution is 7.99. The number of nitrogens with zero attached hydrogens (tertiary/aromatic N) is 3. The normalized spacial score (nSPS) is 11.8. The monoisotopic (exact) mass is 486 g/mol. The Balaban J connectivity index is 1.54. The van der Waals surface area contributed by atoms with Crippen LogP contribution in [0.15, 0.2) is 78.0 Å². The third kappa shape index (κ3) is 5.92. The molecule has 1 N–H and O–H groups in total. The number of hydrogen-bond acceptors (Lipinski definition) is 5. The highest BCUT2D eigenvalue weighted by Gasteiger charge is 2.18. The number of hydrogen-bond donors (Lipinski definition) is 1. The van der Waals surface area contributed by atoms with E-state index in [2.05, 4.69) is 47.6 Å². The molecule has 0 spiro atoms. The van der Waals surface area contributed by atoms with Crippen molar-refractivity contribution < 1.29 is 9.53 Å². The van der Waals surface area contributed by atoms with Gasteiger partial charge >= 0.3 is 0 Å². The summed E-state index contributed by atoms with van der Waals surface area (Å²) in [6.45, 7) is 6.42. The van der Waals surface area contributed by atoms with E-state index in [0.29, 0.717) is 11.1 Å². The average Bonchev–Trinajstić information content (AvgIpc) is 3.31. The third-order valence-corrected chi connectivity index (χ3v) is 6.88. The fourth-order valence-electron chi connectivity index (χ4n) is 3.76. The lowest BCUT2D eigenvalue weighted by Crippen LogP contribution is -2.14. The van der Waals surface area contributed by atoms with E-state index >= 15 is 0 Å². The molecule has 7 heteroatoms. The van der Waals surface area contributed by atoms with Gasteiger partial charge in [0.1, 0.15) is 5.75 Å². The summed E-state index contributed by atoms with van der Waals surface area (Å²) in [5, 5.41) is 12.5. The van der Waals surface area contributed by atoms with Crippen LogP contribution in [0.5, 0.6) is 5.75 Å². The minimum Gasteiger partial charge on any atom is -0.497 e. The van der Waals surface area contributed by atoms with Gasteiger partial charge in [0.05, 0.1) is 12.9 Å². The van der Waals surface area contributed by atoms with Crippen molar-refractivity contribution in [2.24, 2.45) is 0 Å². The van der Waals surface area contributed by atoms with Gasteiger partial charge < -0.3 is 10.1 Å². The Hall–Kier alpha value is -3.58. The predicted octanol–water partition coefficient (Wildman–Crippen LogP) is 6.50. The van der Waals surface area contributed by atoms with Crippen molar-refractivity contribution >= 4 is 23.4 Å². The molecule has 6 nitrogen and oxygen atoms in total. The van der Waals surface area contributed by atoms with Crippen LogP contribution in [0.2, 0.25) is 0 Å². The lowest BCUT2D eigenvalue weighted by molar-refractivity contribution is -0.113. The van der Waals surface area contributed by atoms with E-state index in [1.807, 2.05) is 66.1 Å². The van der Waals surface area contributed by atoms with E-state index in [0.717, 1.165) is 40.5 Å². The van der Waals surface area contributed by atoms with Crippen LogP contribution in [-0.4, -0.2) is 33.5 Å². The van der Waals surface area contributed by atoms with Crippen molar-refractivity contribution in [2.45, 2.75) is 38.3 Å². The summed E-state index contributed by atoms with van der Waals surface area (Å²) in [7, 11) is 1.64. The van der Waals surface area contributed by atoms with Crippen LogP contribution in [0, 0.1) is 6.92 Å². The number of carbonyl (C=O) groups is 1. The number of methoxy groups -OCH3 is 1. The summed E-state index contributed by atoms with van der Waals surface area (Å²) < 4.78 is 7.29. The second kappa shape index (κ2) is 11.2. The van der Waals surface area contributed by atoms with Crippen LogP contribution in [0.1, 0.15) is 37.3 Å². The number of rotatable bonds is 9. The smallest absolute Gasteiger partial charge is 0.234 e. The molecule has 1 heterocycles. The molecule has 1 aromatic heterocycles. The molecule has 0 bridgehead atoms. The van der Waals surface area contributed by atoms with Crippen LogP contribution in [-0.2, 0) is 4.79 Å². The molecule has 1 amide bonds. The molecule has 0 saturated carbocycles. The molecular weight excluding hydrogens is 456 g/mol. The minimum atomic E-state index is -0.0901. The second-order valence-corrected chi connectivity index (χ2v) is 9.42. The zero-order chi connectivity index (χ0) is 24.8. The van der Waals surface area contributed by atoms with Crippen molar-refractivity contribution in [1.29, 1.82) is 0 Å². The average molecular weight is 487 g/mol. The van der Waals surface area contributed by atoms with E-state index in [9.17, 15) is 4.79 Å². The van der Waals surface area contributed by atoms with Crippen LogP contribution in [0.4, 0.5) is 5.69 Å². The molecule has 4 aromatic rings. The first-order chi connectivity index (χ1) is 17.0.